The fourth-order valence-corrected chi connectivity index (χ4v) is 2.43. The number of amides is 1. The number of nitrogens with one attached hydrogen (secondary N) is 1. The van der Waals surface area contributed by atoms with Crippen molar-refractivity contribution in [2.75, 3.05) is 5.32 Å². The maximum absolute atomic E-state index is 12.2. The minimum atomic E-state index is -0.179. The van der Waals surface area contributed by atoms with E-state index in [2.05, 4.69) is 21.2 Å². The Bertz CT molecular complexity index is 640. The standard InChI is InChI=1S/C15H13BrClNO/c1-9-3-5-12(16)11(7-9)15(19)18-14-6-4-10(2)8-13(14)17/h3-8H,1-2H3,(H,18,19). The molecule has 2 nitrogen and oxygen atoms in total. The first-order valence-corrected chi connectivity index (χ1v) is 6.98. The first kappa shape index (κ1) is 14.1. The summed E-state index contributed by atoms with van der Waals surface area (Å²) in [5.41, 5.74) is 3.30. The fraction of sp³-hybridized carbons (Fsp3) is 0.133. The van der Waals surface area contributed by atoms with Crippen molar-refractivity contribution < 1.29 is 4.79 Å². The highest BCUT2D eigenvalue weighted by atomic mass is 79.9. The van der Waals surface area contributed by atoms with Crippen LogP contribution in [-0.2, 0) is 0 Å². The molecular formula is C15H13BrClNO. The lowest BCUT2D eigenvalue weighted by Gasteiger charge is -2.09. The zero-order chi connectivity index (χ0) is 14.0. The first-order chi connectivity index (χ1) is 8.97. The number of rotatable bonds is 2. The number of aryl methyl sites for hydroxylation is 2. The lowest BCUT2D eigenvalue weighted by Crippen LogP contribution is -2.13. The Balaban J connectivity index is 2.28. The van der Waals surface area contributed by atoms with Gasteiger partial charge in [0.25, 0.3) is 5.91 Å². The van der Waals surface area contributed by atoms with E-state index in [9.17, 15) is 4.79 Å². The van der Waals surface area contributed by atoms with Crippen molar-refractivity contribution >= 4 is 39.1 Å². The summed E-state index contributed by atoms with van der Waals surface area (Å²) in [6, 6.07) is 11.2. The molecule has 2 rings (SSSR count). The Morgan fingerprint density at radius 1 is 1.11 bits per heavy atom. The monoisotopic (exact) mass is 337 g/mol. The van der Waals surface area contributed by atoms with E-state index in [1.807, 2.05) is 44.2 Å². The van der Waals surface area contributed by atoms with Gasteiger partial charge in [0.15, 0.2) is 0 Å². The average molecular weight is 339 g/mol. The van der Waals surface area contributed by atoms with E-state index in [1.165, 1.54) is 0 Å². The van der Waals surface area contributed by atoms with E-state index in [0.29, 0.717) is 16.3 Å². The van der Waals surface area contributed by atoms with Crippen molar-refractivity contribution in [3.8, 4) is 0 Å². The van der Waals surface area contributed by atoms with Gasteiger partial charge in [-0.3, -0.25) is 4.79 Å². The van der Waals surface area contributed by atoms with Gasteiger partial charge in [-0.15, -0.1) is 0 Å². The van der Waals surface area contributed by atoms with Crippen LogP contribution in [0.4, 0.5) is 5.69 Å². The number of halogens is 2. The first-order valence-electron chi connectivity index (χ1n) is 5.81. The van der Waals surface area contributed by atoms with Crippen LogP contribution in [0.2, 0.25) is 5.02 Å². The Morgan fingerprint density at radius 3 is 2.42 bits per heavy atom. The third-order valence-electron chi connectivity index (χ3n) is 2.74. The minimum Gasteiger partial charge on any atom is -0.321 e. The van der Waals surface area contributed by atoms with Crippen molar-refractivity contribution in [2.24, 2.45) is 0 Å². The highest BCUT2D eigenvalue weighted by Gasteiger charge is 2.12. The predicted molar refractivity (Wildman–Crippen MR) is 83.0 cm³/mol. The van der Waals surface area contributed by atoms with E-state index in [-0.39, 0.29) is 5.91 Å². The van der Waals surface area contributed by atoms with Crippen LogP contribution in [0.5, 0.6) is 0 Å². The molecule has 0 unspecified atom stereocenters. The maximum Gasteiger partial charge on any atom is 0.256 e. The van der Waals surface area contributed by atoms with E-state index in [0.717, 1.165) is 15.6 Å². The molecule has 0 radical (unpaired) electrons. The smallest absolute Gasteiger partial charge is 0.256 e. The van der Waals surface area contributed by atoms with Crippen LogP contribution in [0.3, 0.4) is 0 Å². The van der Waals surface area contributed by atoms with Crippen molar-refractivity contribution in [3.05, 3.63) is 62.6 Å². The third-order valence-corrected chi connectivity index (χ3v) is 3.74. The van der Waals surface area contributed by atoms with Gasteiger partial charge >= 0.3 is 0 Å². The molecule has 0 atom stereocenters. The van der Waals surface area contributed by atoms with Crippen LogP contribution in [-0.4, -0.2) is 5.91 Å². The van der Waals surface area contributed by atoms with Crippen LogP contribution < -0.4 is 5.32 Å². The van der Waals surface area contributed by atoms with Gasteiger partial charge in [0, 0.05) is 4.47 Å². The second-order valence-corrected chi connectivity index (χ2v) is 5.68. The minimum absolute atomic E-state index is 0.179. The molecule has 0 aliphatic heterocycles. The number of carbonyl (C=O) groups is 1. The summed E-state index contributed by atoms with van der Waals surface area (Å²) in [6.45, 7) is 3.90. The number of hydrogen-bond donors (Lipinski definition) is 1. The topological polar surface area (TPSA) is 29.1 Å². The predicted octanol–water partition coefficient (Wildman–Crippen LogP) is 4.97. The largest absolute Gasteiger partial charge is 0.321 e. The van der Waals surface area contributed by atoms with Crippen molar-refractivity contribution in [2.45, 2.75) is 13.8 Å². The molecule has 1 N–H and O–H groups in total. The third kappa shape index (κ3) is 3.37. The second kappa shape index (κ2) is 5.76. The summed E-state index contributed by atoms with van der Waals surface area (Å²) in [4.78, 5) is 12.2. The number of carbonyl (C=O) groups excluding carboxylic acids is 1. The Kier molecular flexibility index (Phi) is 4.27. The molecule has 0 bridgehead atoms. The van der Waals surface area contributed by atoms with Gasteiger partial charge < -0.3 is 5.32 Å². The van der Waals surface area contributed by atoms with Gasteiger partial charge in [-0.1, -0.05) is 29.3 Å². The molecule has 0 fully saturated rings. The van der Waals surface area contributed by atoms with Crippen LogP contribution in [0.15, 0.2) is 40.9 Å². The summed E-state index contributed by atoms with van der Waals surface area (Å²) in [5, 5.41) is 3.36. The van der Waals surface area contributed by atoms with Gasteiger partial charge in [0.05, 0.1) is 16.3 Å². The van der Waals surface area contributed by atoms with E-state index >= 15 is 0 Å². The normalized spacial score (nSPS) is 10.3. The van der Waals surface area contributed by atoms with Crippen LogP contribution >= 0.6 is 27.5 Å². The molecule has 0 saturated heterocycles. The van der Waals surface area contributed by atoms with Gasteiger partial charge in [0.1, 0.15) is 0 Å². The quantitative estimate of drug-likeness (QED) is 0.823. The molecule has 2 aromatic carbocycles. The molecule has 4 heteroatoms. The van der Waals surface area contributed by atoms with E-state index in [4.69, 9.17) is 11.6 Å². The van der Waals surface area contributed by atoms with Gasteiger partial charge in [-0.05, 0) is 59.6 Å². The fourth-order valence-electron chi connectivity index (χ4n) is 1.72. The zero-order valence-electron chi connectivity index (χ0n) is 10.6. The summed E-state index contributed by atoms with van der Waals surface area (Å²) in [5.74, 6) is -0.179. The highest BCUT2D eigenvalue weighted by Crippen LogP contribution is 2.25. The summed E-state index contributed by atoms with van der Waals surface area (Å²) >= 11 is 9.49. The molecule has 0 spiro atoms. The van der Waals surface area contributed by atoms with Crippen LogP contribution in [0.1, 0.15) is 21.5 Å². The molecular weight excluding hydrogens is 326 g/mol. The highest BCUT2D eigenvalue weighted by molar-refractivity contribution is 9.10. The zero-order valence-corrected chi connectivity index (χ0v) is 13.0. The van der Waals surface area contributed by atoms with Crippen LogP contribution in [0, 0.1) is 13.8 Å². The molecule has 98 valence electrons. The molecule has 0 aliphatic carbocycles. The lowest BCUT2D eigenvalue weighted by molar-refractivity contribution is 0.102. The molecule has 0 aromatic heterocycles. The molecule has 0 aliphatic rings. The van der Waals surface area contributed by atoms with E-state index in [1.54, 1.807) is 6.07 Å². The molecule has 19 heavy (non-hydrogen) atoms. The number of benzene rings is 2. The number of anilines is 1. The SMILES string of the molecule is Cc1ccc(NC(=O)c2cc(C)ccc2Br)c(Cl)c1. The molecule has 2 aromatic rings. The van der Waals surface area contributed by atoms with E-state index < -0.39 is 0 Å². The van der Waals surface area contributed by atoms with Crippen molar-refractivity contribution in [3.63, 3.8) is 0 Å². The number of hydrogen-bond acceptors (Lipinski definition) is 1. The van der Waals surface area contributed by atoms with Crippen molar-refractivity contribution in [1.82, 2.24) is 0 Å². The lowest BCUT2D eigenvalue weighted by atomic mass is 10.1. The summed E-state index contributed by atoms with van der Waals surface area (Å²) < 4.78 is 0.763. The van der Waals surface area contributed by atoms with Gasteiger partial charge in [-0.2, -0.15) is 0 Å². The Labute approximate surface area is 125 Å². The summed E-state index contributed by atoms with van der Waals surface area (Å²) in [6.07, 6.45) is 0. The maximum atomic E-state index is 12.2. The second-order valence-electron chi connectivity index (χ2n) is 4.42. The van der Waals surface area contributed by atoms with Gasteiger partial charge in [-0.25, -0.2) is 0 Å². The Hall–Kier alpha value is -1.32. The van der Waals surface area contributed by atoms with Crippen LogP contribution in [0.25, 0.3) is 0 Å². The van der Waals surface area contributed by atoms with Crippen molar-refractivity contribution in [1.29, 1.82) is 0 Å². The average Bonchev–Trinajstić information content (AvgIpc) is 2.35. The summed E-state index contributed by atoms with van der Waals surface area (Å²) in [7, 11) is 0. The van der Waals surface area contributed by atoms with Gasteiger partial charge in [0.2, 0.25) is 0 Å². The molecule has 0 saturated carbocycles. The molecule has 1 amide bonds. The molecule has 0 heterocycles. The Morgan fingerprint density at radius 2 is 1.74 bits per heavy atom.